The van der Waals surface area contributed by atoms with Crippen LogP contribution in [0.4, 0.5) is 27.6 Å². The Morgan fingerprint density at radius 3 is 2.30 bits per heavy atom. The van der Waals surface area contributed by atoms with Gasteiger partial charge in [-0.15, -0.1) is 0 Å². The maximum atomic E-state index is 14.1. The third-order valence-electron chi connectivity index (χ3n) is 3.75. The molecule has 0 aliphatic rings. The summed E-state index contributed by atoms with van der Waals surface area (Å²) in [4.78, 5) is 12.4. The summed E-state index contributed by atoms with van der Waals surface area (Å²) in [7, 11) is 1.24. The van der Waals surface area contributed by atoms with Crippen molar-refractivity contribution in [1.82, 2.24) is 9.78 Å². The fraction of sp³-hybridized carbons (Fsp3) is 0.111. The Kier molecular flexibility index (Phi) is 4.69. The second-order valence-electron chi connectivity index (χ2n) is 5.66. The minimum absolute atomic E-state index is 0.00102. The van der Waals surface area contributed by atoms with Crippen molar-refractivity contribution in [3.63, 3.8) is 0 Å². The van der Waals surface area contributed by atoms with Gasteiger partial charge in [0.15, 0.2) is 5.69 Å². The van der Waals surface area contributed by atoms with Gasteiger partial charge < -0.3 is 5.32 Å². The van der Waals surface area contributed by atoms with Crippen molar-refractivity contribution in [3.05, 3.63) is 71.6 Å². The molecule has 1 amide bonds. The van der Waals surface area contributed by atoms with E-state index in [1.165, 1.54) is 37.4 Å². The zero-order valence-corrected chi connectivity index (χ0v) is 13.8. The van der Waals surface area contributed by atoms with Crippen LogP contribution in [-0.4, -0.2) is 15.7 Å². The first-order chi connectivity index (χ1) is 12.7. The smallest absolute Gasteiger partial charge is 0.321 e. The van der Waals surface area contributed by atoms with Gasteiger partial charge in [0.25, 0.3) is 5.91 Å². The van der Waals surface area contributed by atoms with Crippen molar-refractivity contribution >= 4 is 11.6 Å². The number of alkyl halides is 3. The van der Waals surface area contributed by atoms with Gasteiger partial charge in [0, 0.05) is 24.5 Å². The average Bonchev–Trinajstić information content (AvgIpc) is 2.98. The van der Waals surface area contributed by atoms with Crippen LogP contribution in [0.2, 0.25) is 0 Å². The molecule has 1 N–H and O–H groups in total. The summed E-state index contributed by atoms with van der Waals surface area (Å²) in [6.07, 6.45) is -3.91. The summed E-state index contributed by atoms with van der Waals surface area (Å²) in [6, 6.07) is 8.92. The molecule has 0 aliphatic carbocycles. The fourth-order valence-corrected chi connectivity index (χ4v) is 2.62. The van der Waals surface area contributed by atoms with Crippen molar-refractivity contribution < 1.29 is 26.7 Å². The number of para-hydroxylation sites is 1. The van der Waals surface area contributed by atoms with Crippen LogP contribution in [0.5, 0.6) is 0 Å². The Labute approximate surface area is 150 Å². The molecule has 0 atom stereocenters. The highest BCUT2D eigenvalue weighted by molar-refractivity contribution is 6.07. The van der Waals surface area contributed by atoms with Crippen LogP contribution in [0.1, 0.15) is 16.1 Å². The van der Waals surface area contributed by atoms with E-state index in [0.717, 1.165) is 23.0 Å². The standard InChI is InChI=1S/C18H12F5N3O/c1-26-9-11(16(25-26)18(21,22)23)17(27)24-14-8-3-2-5-10(14)15-12(19)6-4-7-13(15)20/h2-9H,1H3,(H,24,27). The molecule has 4 nitrogen and oxygen atoms in total. The summed E-state index contributed by atoms with van der Waals surface area (Å²) in [5.74, 6) is -2.83. The summed E-state index contributed by atoms with van der Waals surface area (Å²) in [6.45, 7) is 0. The van der Waals surface area contributed by atoms with E-state index >= 15 is 0 Å². The molecular weight excluding hydrogens is 369 g/mol. The number of nitrogens with zero attached hydrogens (tertiary/aromatic N) is 2. The molecule has 27 heavy (non-hydrogen) atoms. The molecule has 140 valence electrons. The number of carbonyl (C=O) groups excluding carboxylic acids is 1. The molecule has 9 heteroatoms. The van der Waals surface area contributed by atoms with E-state index < -0.39 is 40.5 Å². The molecule has 1 aromatic heterocycles. The lowest BCUT2D eigenvalue weighted by Gasteiger charge is -2.13. The Hall–Kier alpha value is -3.23. The van der Waals surface area contributed by atoms with E-state index in [4.69, 9.17) is 0 Å². The number of aryl methyl sites for hydroxylation is 1. The van der Waals surface area contributed by atoms with Crippen LogP contribution in [0.15, 0.2) is 48.7 Å². The maximum Gasteiger partial charge on any atom is 0.435 e. The molecule has 0 saturated carbocycles. The Bertz CT molecular complexity index is 990. The molecule has 3 aromatic rings. The van der Waals surface area contributed by atoms with Crippen molar-refractivity contribution in [3.8, 4) is 11.1 Å². The zero-order chi connectivity index (χ0) is 19.8. The highest BCUT2D eigenvalue weighted by atomic mass is 19.4. The van der Waals surface area contributed by atoms with Crippen LogP contribution in [-0.2, 0) is 13.2 Å². The number of carbonyl (C=O) groups is 1. The molecule has 0 bridgehead atoms. The number of amides is 1. The van der Waals surface area contributed by atoms with Crippen LogP contribution in [0.25, 0.3) is 11.1 Å². The summed E-state index contributed by atoms with van der Waals surface area (Å²) in [5.41, 5.74) is -2.48. The van der Waals surface area contributed by atoms with E-state index in [9.17, 15) is 26.7 Å². The number of hydrogen-bond acceptors (Lipinski definition) is 2. The van der Waals surface area contributed by atoms with Gasteiger partial charge >= 0.3 is 6.18 Å². The number of benzene rings is 2. The van der Waals surface area contributed by atoms with Gasteiger partial charge in [-0.2, -0.15) is 18.3 Å². The van der Waals surface area contributed by atoms with Crippen molar-refractivity contribution in [2.24, 2.45) is 7.05 Å². The van der Waals surface area contributed by atoms with Gasteiger partial charge in [-0.3, -0.25) is 9.48 Å². The molecule has 0 spiro atoms. The van der Waals surface area contributed by atoms with Gasteiger partial charge in [-0.1, -0.05) is 24.3 Å². The second kappa shape index (κ2) is 6.82. The van der Waals surface area contributed by atoms with E-state index in [0.29, 0.717) is 0 Å². The quantitative estimate of drug-likeness (QED) is 0.672. The zero-order valence-electron chi connectivity index (χ0n) is 13.8. The molecule has 0 unspecified atom stereocenters. The van der Waals surface area contributed by atoms with E-state index in [-0.39, 0.29) is 11.3 Å². The van der Waals surface area contributed by atoms with E-state index in [2.05, 4.69) is 10.4 Å². The highest BCUT2D eigenvalue weighted by Crippen LogP contribution is 2.34. The van der Waals surface area contributed by atoms with Crippen molar-refractivity contribution in [2.45, 2.75) is 6.18 Å². The number of hydrogen-bond donors (Lipinski definition) is 1. The first-order valence-electron chi connectivity index (χ1n) is 7.64. The highest BCUT2D eigenvalue weighted by Gasteiger charge is 2.39. The van der Waals surface area contributed by atoms with Crippen LogP contribution in [0.3, 0.4) is 0 Å². The molecule has 0 aliphatic heterocycles. The van der Waals surface area contributed by atoms with Gasteiger partial charge in [0.2, 0.25) is 0 Å². The maximum absolute atomic E-state index is 14.1. The minimum atomic E-state index is -4.83. The largest absolute Gasteiger partial charge is 0.435 e. The van der Waals surface area contributed by atoms with Gasteiger partial charge in [-0.25, -0.2) is 8.78 Å². The van der Waals surface area contributed by atoms with Gasteiger partial charge in [0.05, 0.1) is 11.1 Å². The molecule has 0 fully saturated rings. The van der Waals surface area contributed by atoms with Crippen LogP contribution < -0.4 is 5.32 Å². The van der Waals surface area contributed by atoms with Crippen molar-refractivity contribution in [2.75, 3.05) is 5.32 Å². The number of nitrogens with one attached hydrogen (secondary N) is 1. The molecular formula is C18H12F5N3O. The summed E-state index contributed by atoms with van der Waals surface area (Å²) < 4.78 is 68.2. The SMILES string of the molecule is Cn1cc(C(=O)Nc2ccccc2-c2c(F)cccc2F)c(C(F)(F)F)n1. The van der Waals surface area contributed by atoms with Crippen LogP contribution in [0, 0.1) is 11.6 Å². The predicted octanol–water partition coefficient (Wildman–Crippen LogP) is 4.64. The first-order valence-corrected chi connectivity index (χ1v) is 7.64. The number of rotatable bonds is 3. The van der Waals surface area contributed by atoms with Gasteiger partial charge in [-0.05, 0) is 18.2 Å². The predicted molar refractivity (Wildman–Crippen MR) is 88.0 cm³/mol. The Morgan fingerprint density at radius 2 is 1.67 bits per heavy atom. The summed E-state index contributed by atoms with van der Waals surface area (Å²) >= 11 is 0. The average molecular weight is 381 g/mol. The molecule has 2 aromatic carbocycles. The minimum Gasteiger partial charge on any atom is -0.321 e. The molecule has 0 saturated heterocycles. The molecule has 0 radical (unpaired) electrons. The Balaban J connectivity index is 2.03. The first kappa shape index (κ1) is 18.6. The van der Waals surface area contributed by atoms with E-state index in [1.807, 2.05) is 0 Å². The Morgan fingerprint density at radius 1 is 1.04 bits per heavy atom. The monoisotopic (exact) mass is 381 g/mol. The lowest BCUT2D eigenvalue weighted by molar-refractivity contribution is -0.141. The number of halogens is 5. The fourth-order valence-electron chi connectivity index (χ4n) is 2.62. The summed E-state index contributed by atoms with van der Waals surface area (Å²) in [5, 5.41) is 5.54. The molecule has 3 rings (SSSR count). The molecule has 1 heterocycles. The van der Waals surface area contributed by atoms with Gasteiger partial charge in [0.1, 0.15) is 11.6 Å². The van der Waals surface area contributed by atoms with Crippen molar-refractivity contribution in [1.29, 1.82) is 0 Å². The van der Waals surface area contributed by atoms with Crippen LogP contribution >= 0.6 is 0 Å². The normalized spacial score (nSPS) is 11.5. The number of anilines is 1. The lowest BCUT2D eigenvalue weighted by atomic mass is 10.0. The third-order valence-corrected chi connectivity index (χ3v) is 3.75. The third kappa shape index (κ3) is 3.67. The second-order valence-corrected chi connectivity index (χ2v) is 5.66. The van der Waals surface area contributed by atoms with E-state index in [1.54, 1.807) is 0 Å². The topological polar surface area (TPSA) is 46.9 Å². The lowest BCUT2D eigenvalue weighted by Crippen LogP contribution is -2.18. The number of aromatic nitrogens is 2.